The van der Waals surface area contributed by atoms with Gasteiger partial charge < -0.3 is 10.6 Å². The van der Waals surface area contributed by atoms with E-state index in [4.69, 9.17) is 0 Å². The van der Waals surface area contributed by atoms with Crippen LogP contribution in [-0.4, -0.2) is 20.1 Å². The summed E-state index contributed by atoms with van der Waals surface area (Å²) in [5.41, 5.74) is 2.54. The molecule has 0 heterocycles. The summed E-state index contributed by atoms with van der Waals surface area (Å²) in [5, 5.41) is 6.20. The summed E-state index contributed by atoms with van der Waals surface area (Å²) in [5.74, 6) is 0.803. The predicted octanol–water partition coefficient (Wildman–Crippen LogP) is 2.67. The van der Waals surface area contributed by atoms with Crippen LogP contribution in [0, 0.1) is 6.92 Å². The lowest BCUT2D eigenvalue weighted by molar-refractivity contribution is 0.859. The van der Waals surface area contributed by atoms with Crippen molar-refractivity contribution >= 4 is 45.9 Å². The molecule has 1 rings (SSSR count). The van der Waals surface area contributed by atoms with Crippen molar-refractivity contribution in [2.24, 2.45) is 4.99 Å². The number of benzene rings is 1. The maximum Gasteiger partial charge on any atom is 0.190 e. The molecule has 0 aliphatic heterocycles. The number of hydrogen-bond donors (Lipinski definition) is 2. The number of nitrogens with one attached hydrogen (secondary N) is 2. The summed E-state index contributed by atoms with van der Waals surface area (Å²) in [6.07, 6.45) is 0. The van der Waals surface area contributed by atoms with Gasteiger partial charge in [-0.2, -0.15) is 0 Å². The van der Waals surface area contributed by atoms with Gasteiger partial charge in [-0.1, -0.05) is 22.0 Å². The quantitative estimate of drug-likeness (QED) is 0.457. The first-order valence-corrected chi connectivity index (χ1v) is 5.60. The summed E-state index contributed by atoms with van der Waals surface area (Å²) in [6, 6.07) is 6.26. The van der Waals surface area contributed by atoms with E-state index in [0.717, 1.165) is 17.0 Å². The van der Waals surface area contributed by atoms with Crippen molar-refractivity contribution in [3.05, 3.63) is 33.8 Å². The minimum absolute atomic E-state index is 0. The van der Waals surface area contributed by atoms with Crippen LogP contribution in [0.1, 0.15) is 11.1 Å². The number of rotatable bonds is 2. The van der Waals surface area contributed by atoms with Crippen molar-refractivity contribution in [3.8, 4) is 0 Å². The van der Waals surface area contributed by atoms with Gasteiger partial charge in [0.15, 0.2) is 5.96 Å². The molecule has 0 bridgehead atoms. The van der Waals surface area contributed by atoms with Crippen molar-refractivity contribution in [1.29, 1.82) is 0 Å². The highest BCUT2D eigenvalue weighted by Gasteiger charge is 1.99. The van der Waals surface area contributed by atoms with Crippen molar-refractivity contribution in [2.75, 3.05) is 14.1 Å². The Morgan fingerprint density at radius 1 is 1.44 bits per heavy atom. The minimum Gasteiger partial charge on any atom is -0.359 e. The smallest absolute Gasteiger partial charge is 0.190 e. The van der Waals surface area contributed by atoms with Gasteiger partial charge in [0.2, 0.25) is 0 Å². The van der Waals surface area contributed by atoms with E-state index in [2.05, 4.69) is 50.6 Å². The first-order valence-electron chi connectivity index (χ1n) is 4.80. The molecule has 0 atom stereocenters. The second-order valence-electron chi connectivity index (χ2n) is 3.25. The Bertz CT molecular complexity index is 366. The van der Waals surface area contributed by atoms with Gasteiger partial charge in [0, 0.05) is 25.1 Å². The molecule has 90 valence electrons. The molecule has 0 saturated carbocycles. The molecule has 5 heteroatoms. The molecule has 0 unspecified atom stereocenters. The Morgan fingerprint density at radius 2 is 2.12 bits per heavy atom. The number of hydrogen-bond acceptors (Lipinski definition) is 1. The van der Waals surface area contributed by atoms with Gasteiger partial charge in [-0.05, 0) is 30.2 Å². The average molecular weight is 398 g/mol. The van der Waals surface area contributed by atoms with E-state index in [9.17, 15) is 0 Å². The molecule has 0 spiro atoms. The lowest BCUT2D eigenvalue weighted by Crippen LogP contribution is -2.34. The molecule has 1 aromatic rings. The average Bonchev–Trinajstić information content (AvgIpc) is 2.22. The van der Waals surface area contributed by atoms with Crippen LogP contribution in [0.15, 0.2) is 27.7 Å². The lowest BCUT2D eigenvalue weighted by atomic mass is 10.1. The number of aryl methyl sites for hydroxylation is 1. The Hall–Kier alpha value is -0.300. The fourth-order valence-electron chi connectivity index (χ4n) is 1.32. The molecule has 16 heavy (non-hydrogen) atoms. The largest absolute Gasteiger partial charge is 0.359 e. The van der Waals surface area contributed by atoms with Crippen LogP contribution in [0.3, 0.4) is 0 Å². The molecule has 0 fully saturated rings. The molecule has 1 aromatic carbocycles. The molecule has 0 aliphatic carbocycles. The van der Waals surface area contributed by atoms with Gasteiger partial charge in [-0.15, -0.1) is 24.0 Å². The van der Waals surface area contributed by atoms with Crippen LogP contribution in [-0.2, 0) is 6.54 Å². The highest BCUT2D eigenvalue weighted by molar-refractivity contribution is 14.0. The van der Waals surface area contributed by atoms with Crippen LogP contribution in [0.4, 0.5) is 0 Å². The standard InChI is InChI=1S/C11H16BrN3.HI/c1-8-6-10(12)5-4-9(8)7-15-11(13-2)14-3;/h4-6H,7H2,1-3H3,(H2,13,14,15);1H. The molecule has 2 N–H and O–H groups in total. The van der Waals surface area contributed by atoms with Crippen LogP contribution in [0.5, 0.6) is 0 Å². The van der Waals surface area contributed by atoms with Crippen LogP contribution < -0.4 is 10.6 Å². The van der Waals surface area contributed by atoms with Gasteiger partial charge in [0.1, 0.15) is 0 Å². The molecule has 0 aliphatic rings. The fraction of sp³-hybridized carbons (Fsp3) is 0.364. The summed E-state index contributed by atoms with van der Waals surface area (Å²) in [7, 11) is 3.61. The van der Waals surface area contributed by atoms with Crippen LogP contribution >= 0.6 is 39.9 Å². The van der Waals surface area contributed by atoms with E-state index in [-0.39, 0.29) is 24.0 Å². The molecule has 0 saturated heterocycles. The van der Waals surface area contributed by atoms with E-state index < -0.39 is 0 Å². The maximum absolute atomic E-state index is 4.05. The fourth-order valence-corrected chi connectivity index (χ4v) is 1.79. The molecule has 0 radical (unpaired) electrons. The summed E-state index contributed by atoms with van der Waals surface area (Å²) in [6.45, 7) is 2.89. The Balaban J connectivity index is 0.00000225. The van der Waals surface area contributed by atoms with Gasteiger partial charge in [0.25, 0.3) is 0 Å². The third-order valence-corrected chi connectivity index (χ3v) is 2.70. The monoisotopic (exact) mass is 397 g/mol. The Morgan fingerprint density at radius 3 is 2.62 bits per heavy atom. The Kier molecular flexibility index (Phi) is 7.74. The van der Waals surface area contributed by atoms with Gasteiger partial charge in [-0.3, -0.25) is 4.99 Å². The predicted molar refractivity (Wildman–Crippen MR) is 83.6 cm³/mol. The lowest BCUT2D eigenvalue weighted by Gasteiger charge is -2.10. The zero-order chi connectivity index (χ0) is 11.3. The van der Waals surface area contributed by atoms with Gasteiger partial charge >= 0.3 is 0 Å². The number of guanidine groups is 1. The van der Waals surface area contributed by atoms with Crippen molar-refractivity contribution < 1.29 is 0 Å². The highest BCUT2D eigenvalue weighted by Crippen LogP contribution is 2.15. The minimum atomic E-state index is 0. The van der Waals surface area contributed by atoms with Crippen molar-refractivity contribution in [2.45, 2.75) is 13.5 Å². The zero-order valence-corrected chi connectivity index (χ0v) is 13.6. The summed E-state index contributed by atoms with van der Waals surface area (Å²) in [4.78, 5) is 4.05. The molecular formula is C11H17BrIN3. The summed E-state index contributed by atoms with van der Waals surface area (Å²) >= 11 is 3.45. The molecule has 3 nitrogen and oxygen atoms in total. The van der Waals surface area contributed by atoms with Crippen LogP contribution in [0.2, 0.25) is 0 Å². The van der Waals surface area contributed by atoms with Crippen LogP contribution in [0.25, 0.3) is 0 Å². The van der Waals surface area contributed by atoms with Crippen molar-refractivity contribution in [1.82, 2.24) is 10.6 Å². The SMILES string of the molecule is CN=C(NC)NCc1ccc(Br)cc1C.I. The van der Waals surface area contributed by atoms with E-state index in [1.807, 2.05) is 13.1 Å². The van der Waals surface area contributed by atoms with Crippen molar-refractivity contribution in [3.63, 3.8) is 0 Å². The van der Waals surface area contributed by atoms with E-state index in [0.29, 0.717) is 0 Å². The normalized spacial score (nSPS) is 10.6. The topological polar surface area (TPSA) is 36.4 Å². The summed E-state index contributed by atoms with van der Waals surface area (Å²) < 4.78 is 1.11. The molecule has 0 aromatic heterocycles. The number of nitrogens with zero attached hydrogens (tertiary/aromatic N) is 1. The van der Waals surface area contributed by atoms with Gasteiger partial charge in [-0.25, -0.2) is 0 Å². The Labute approximate surface area is 122 Å². The van der Waals surface area contributed by atoms with E-state index in [1.54, 1.807) is 7.05 Å². The second-order valence-corrected chi connectivity index (χ2v) is 4.16. The third-order valence-electron chi connectivity index (χ3n) is 2.21. The second kappa shape index (κ2) is 7.89. The first-order chi connectivity index (χ1) is 7.17. The van der Waals surface area contributed by atoms with Gasteiger partial charge in [0.05, 0.1) is 0 Å². The number of halogens is 2. The zero-order valence-electron chi connectivity index (χ0n) is 9.67. The first kappa shape index (κ1) is 15.7. The highest BCUT2D eigenvalue weighted by atomic mass is 127. The van der Waals surface area contributed by atoms with E-state index >= 15 is 0 Å². The third kappa shape index (κ3) is 4.69. The maximum atomic E-state index is 4.05. The number of aliphatic imine (C=N–C) groups is 1. The molecule has 0 amide bonds. The molecular weight excluding hydrogens is 381 g/mol. The van der Waals surface area contributed by atoms with E-state index in [1.165, 1.54) is 11.1 Å².